The van der Waals surface area contributed by atoms with E-state index in [0.717, 1.165) is 33.2 Å². The maximum Gasteiger partial charge on any atom is 0.313 e. The second-order valence-corrected chi connectivity index (χ2v) is 8.40. The largest absolute Gasteiger partial charge is 0.469 e. The molecule has 4 nitrogen and oxygen atoms in total. The van der Waals surface area contributed by atoms with E-state index in [1.807, 2.05) is 48.7 Å². The van der Waals surface area contributed by atoms with Crippen molar-refractivity contribution in [1.82, 2.24) is 4.98 Å². The van der Waals surface area contributed by atoms with E-state index in [9.17, 15) is 4.79 Å². The Balaban J connectivity index is 1.82. The predicted molar refractivity (Wildman–Crippen MR) is 131 cm³/mol. The molecule has 1 atom stereocenters. The number of nitrogens with zero attached hydrogens (tertiary/aromatic N) is 1. The molecular formula is C28H28N2O2. The van der Waals surface area contributed by atoms with E-state index in [1.54, 1.807) is 0 Å². The molecule has 0 aliphatic heterocycles. The summed E-state index contributed by atoms with van der Waals surface area (Å²) in [5.41, 5.74) is 13.0. The minimum Gasteiger partial charge on any atom is -0.469 e. The van der Waals surface area contributed by atoms with Crippen LogP contribution in [0.4, 0.5) is 5.69 Å². The number of aromatic nitrogens is 1. The number of anilines is 1. The van der Waals surface area contributed by atoms with E-state index >= 15 is 0 Å². The van der Waals surface area contributed by atoms with Gasteiger partial charge in [0, 0.05) is 22.8 Å². The number of hydrogen-bond acceptors (Lipinski definition) is 4. The molecule has 4 aromatic rings. The van der Waals surface area contributed by atoms with Crippen LogP contribution in [0, 0.1) is 0 Å². The van der Waals surface area contributed by atoms with Crippen molar-refractivity contribution in [3.05, 3.63) is 95.7 Å². The summed E-state index contributed by atoms with van der Waals surface area (Å²) < 4.78 is 5.15. The van der Waals surface area contributed by atoms with Gasteiger partial charge in [-0.3, -0.25) is 9.78 Å². The van der Waals surface area contributed by atoms with Gasteiger partial charge in [-0.2, -0.15) is 0 Å². The lowest BCUT2D eigenvalue weighted by atomic mass is 9.88. The fraction of sp³-hybridized carbons (Fsp3) is 0.214. The first-order chi connectivity index (χ1) is 15.5. The molecule has 162 valence electrons. The Hall–Kier alpha value is -3.66. The smallest absolute Gasteiger partial charge is 0.313 e. The van der Waals surface area contributed by atoms with Crippen LogP contribution >= 0.6 is 0 Å². The molecule has 0 bridgehead atoms. The molecule has 4 rings (SSSR count). The molecule has 1 heterocycles. The highest BCUT2D eigenvalue weighted by atomic mass is 16.5. The molecule has 32 heavy (non-hydrogen) atoms. The molecule has 0 spiro atoms. The van der Waals surface area contributed by atoms with E-state index in [-0.39, 0.29) is 5.97 Å². The molecule has 4 heteroatoms. The summed E-state index contributed by atoms with van der Waals surface area (Å²) in [7, 11) is 1.43. The summed E-state index contributed by atoms with van der Waals surface area (Å²) >= 11 is 0. The van der Waals surface area contributed by atoms with Gasteiger partial charge in [0.2, 0.25) is 0 Å². The van der Waals surface area contributed by atoms with Crippen LogP contribution in [0.5, 0.6) is 0 Å². The third kappa shape index (κ3) is 4.35. The summed E-state index contributed by atoms with van der Waals surface area (Å²) in [6, 6.07) is 24.2. The van der Waals surface area contributed by atoms with Gasteiger partial charge >= 0.3 is 5.97 Å². The summed E-state index contributed by atoms with van der Waals surface area (Å²) in [6.07, 6.45) is 2.30. The monoisotopic (exact) mass is 424 g/mol. The van der Waals surface area contributed by atoms with Crippen molar-refractivity contribution in [2.75, 3.05) is 12.8 Å². The first-order valence-corrected chi connectivity index (χ1v) is 10.9. The molecule has 0 radical (unpaired) electrons. The van der Waals surface area contributed by atoms with Gasteiger partial charge < -0.3 is 10.5 Å². The van der Waals surface area contributed by atoms with Gasteiger partial charge in [0.15, 0.2) is 0 Å². The topological polar surface area (TPSA) is 65.2 Å². The minimum atomic E-state index is -0.447. The molecule has 0 fully saturated rings. The van der Waals surface area contributed by atoms with E-state index in [4.69, 9.17) is 10.5 Å². The molecule has 1 unspecified atom stereocenters. The van der Waals surface area contributed by atoms with Crippen molar-refractivity contribution in [1.29, 1.82) is 0 Å². The molecule has 3 aromatic carbocycles. The zero-order valence-electron chi connectivity index (χ0n) is 18.7. The quantitative estimate of drug-likeness (QED) is 0.300. The number of para-hydroxylation sites is 1. The van der Waals surface area contributed by atoms with Gasteiger partial charge in [-0.25, -0.2) is 0 Å². The number of rotatable bonds is 6. The number of methoxy groups -OCH3 is 1. The lowest BCUT2D eigenvalue weighted by molar-refractivity contribution is -0.142. The van der Waals surface area contributed by atoms with Crippen LogP contribution in [0.2, 0.25) is 0 Å². The van der Waals surface area contributed by atoms with Crippen molar-refractivity contribution in [3.8, 4) is 11.1 Å². The van der Waals surface area contributed by atoms with Crippen molar-refractivity contribution in [2.24, 2.45) is 0 Å². The number of carbonyl (C=O) groups is 1. The summed E-state index contributed by atoms with van der Waals surface area (Å²) in [5, 5.41) is 1.11. The van der Waals surface area contributed by atoms with Gasteiger partial charge in [-0.1, -0.05) is 62.4 Å². The average Bonchev–Trinajstić information content (AvgIpc) is 2.82. The van der Waals surface area contributed by atoms with Gasteiger partial charge in [-0.15, -0.1) is 0 Å². The molecular weight excluding hydrogens is 396 g/mol. The minimum absolute atomic E-state index is 0.274. The second-order valence-electron chi connectivity index (χ2n) is 8.40. The lowest BCUT2D eigenvalue weighted by Crippen LogP contribution is -2.17. The third-order valence-electron chi connectivity index (χ3n) is 5.96. The van der Waals surface area contributed by atoms with E-state index in [0.29, 0.717) is 18.0 Å². The second kappa shape index (κ2) is 9.23. The van der Waals surface area contributed by atoms with Crippen LogP contribution in [-0.4, -0.2) is 18.1 Å². The normalized spacial score (nSPS) is 12.1. The van der Waals surface area contributed by atoms with Crippen LogP contribution in [-0.2, 0) is 16.0 Å². The Labute approximate surface area is 189 Å². The SMILES string of the molecule is COC(=O)C(Cc1ccccc1N)c1cccc(-c2cc(C(C)C)cc3cccnc23)c1. The van der Waals surface area contributed by atoms with Gasteiger partial charge in [0.05, 0.1) is 18.5 Å². The van der Waals surface area contributed by atoms with Crippen LogP contribution in [0.1, 0.15) is 42.4 Å². The number of pyridine rings is 1. The number of benzene rings is 3. The number of carbonyl (C=O) groups excluding carboxylic acids is 1. The maximum absolute atomic E-state index is 12.8. The van der Waals surface area contributed by atoms with Crippen LogP contribution in [0.25, 0.3) is 22.0 Å². The van der Waals surface area contributed by atoms with Crippen molar-refractivity contribution in [3.63, 3.8) is 0 Å². The number of fused-ring (bicyclic) bond motifs is 1. The van der Waals surface area contributed by atoms with Crippen LogP contribution in [0.3, 0.4) is 0 Å². The summed E-state index contributed by atoms with van der Waals surface area (Å²) in [6.45, 7) is 4.38. The van der Waals surface area contributed by atoms with Gasteiger partial charge in [0.25, 0.3) is 0 Å². The zero-order chi connectivity index (χ0) is 22.7. The van der Waals surface area contributed by atoms with Gasteiger partial charge in [-0.05, 0) is 58.9 Å². The number of hydrogen-bond donors (Lipinski definition) is 1. The van der Waals surface area contributed by atoms with Crippen LogP contribution in [0.15, 0.2) is 79.0 Å². The van der Waals surface area contributed by atoms with Gasteiger partial charge in [0.1, 0.15) is 0 Å². The van der Waals surface area contributed by atoms with E-state index < -0.39 is 5.92 Å². The standard InChI is InChI=1S/C28H28N2O2/c1-18(2)23-15-22-11-7-13-30-27(22)24(17-23)19-9-6-10-20(14-19)25(28(31)32-3)16-21-8-4-5-12-26(21)29/h4-15,17-18,25H,16,29H2,1-3H3. The van der Waals surface area contributed by atoms with E-state index in [1.165, 1.54) is 12.7 Å². The zero-order valence-corrected chi connectivity index (χ0v) is 18.7. The Morgan fingerprint density at radius 1 is 0.969 bits per heavy atom. The number of nitrogen functional groups attached to an aromatic ring is 1. The fourth-order valence-corrected chi connectivity index (χ4v) is 4.11. The summed E-state index contributed by atoms with van der Waals surface area (Å²) in [4.78, 5) is 17.4. The maximum atomic E-state index is 12.8. The number of ether oxygens (including phenoxy) is 1. The Morgan fingerprint density at radius 2 is 1.78 bits per heavy atom. The lowest BCUT2D eigenvalue weighted by Gasteiger charge is -2.18. The highest BCUT2D eigenvalue weighted by molar-refractivity contribution is 5.94. The third-order valence-corrected chi connectivity index (χ3v) is 5.96. The van der Waals surface area contributed by atoms with E-state index in [2.05, 4.69) is 49.2 Å². The average molecular weight is 425 g/mol. The molecule has 0 saturated carbocycles. The number of nitrogens with two attached hydrogens (primary N) is 1. The predicted octanol–water partition coefficient (Wildman–Crippen LogP) is 6.11. The Bertz CT molecular complexity index is 1260. The molecule has 0 saturated heterocycles. The van der Waals surface area contributed by atoms with Crippen molar-refractivity contribution < 1.29 is 9.53 Å². The molecule has 0 amide bonds. The Kier molecular flexibility index (Phi) is 6.22. The highest BCUT2D eigenvalue weighted by Gasteiger charge is 2.23. The fourth-order valence-electron chi connectivity index (χ4n) is 4.11. The molecule has 0 aliphatic rings. The molecule has 2 N–H and O–H groups in total. The Morgan fingerprint density at radius 3 is 2.53 bits per heavy atom. The summed E-state index contributed by atoms with van der Waals surface area (Å²) in [5.74, 6) is -0.327. The van der Waals surface area contributed by atoms with Crippen molar-refractivity contribution in [2.45, 2.75) is 32.1 Å². The first kappa shape index (κ1) is 21.6. The molecule has 0 aliphatic carbocycles. The molecule has 1 aromatic heterocycles. The number of esters is 1. The van der Waals surface area contributed by atoms with Crippen molar-refractivity contribution >= 4 is 22.6 Å². The first-order valence-electron chi connectivity index (χ1n) is 10.9. The van der Waals surface area contributed by atoms with Crippen LogP contribution < -0.4 is 5.73 Å². The highest BCUT2D eigenvalue weighted by Crippen LogP contribution is 2.34.